The molecule has 0 saturated carbocycles. The van der Waals surface area contributed by atoms with E-state index in [1.54, 1.807) is 6.07 Å². The maximum atomic E-state index is 13.5. The van der Waals surface area contributed by atoms with Crippen molar-refractivity contribution in [1.82, 2.24) is 0 Å². The topological polar surface area (TPSA) is 60.4 Å². The van der Waals surface area contributed by atoms with Crippen molar-refractivity contribution in [3.8, 4) is 0 Å². The van der Waals surface area contributed by atoms with Crippen molar-refractivity contribution >= 4 is 33.5 Å². The van der Waals surface area contributed by atoms with E-state index in [-0.39, 0.29) is 28.3 Å². The number of ether oxygens (including phenoxy) is 1. The molecule has 4 nitrogen and oxygen atoms in total. The summed E-state index contributed by atoms with van der Waals surface area (Å²) >= 11 is 3.13. The lowest BCUT2D eigenvalue weighted by atomic mass is 10.0. The van der Waals surface area contributed by atoms with E-state index in [4.69, 9.17) is 0 Å². The predicted molar refractivity (Wildman–Crippen MR) is 110 cm³/mol. The molecule has 0 aliphatic rings. The largest absolute Gasteiger partial charge is 0.465 e. The van der Waals surface area contributed by atoms with E-state index in [9.17, 15) is 23.2 Å². The van der Waals surface area contributed by atoms with Gasteiger partial charge in [-0.05, 0) is 49.2 Å². The smallest absolute Gasteiger partial charge is 0.337 e. The highest BCUT2D eigenvalue weighted by molar-refractivity contribution is 9.10. The van der Waals surface area contributed by atoms with Crippen molar-refractivity contribution in [2.75, 3.05) is 7.11 Å². The summed E-state index contributed by atoms with van der Waals surface area (Å²) in [6.07, 6.45) is 2.11. The van der Waals surface area contributed by atoms with Gasteiger partial charge in [0.15, 0.2) is 11.6 Å². The number of methoxy groups -OCH3 is 1. The fourth-order valence-corrected chi connectivity index (χ4v) is 2.76. The number of hydrogen-bond donors (Lipinski definition) is 0. The number of Topliss-reactive ketones (excluding diaryl/α,β-unsaturated/α-hetero) is 2. The van der Waals surface area contributed by atoms with Crippen LogP contribution in [0.2, 0.25) is 0 Å². The number of esters is 1. The van der Waals surface area contributed by atoms with E-state index in [0.29, 0.717) is 23.7 Å². The molecule has 0 amide bonds. The Morgan fingerprint density at radius 3 is 1.76 bits per heavy atom. The maximum Gasteiger partial charge on any atom is 0.337 e. The van der Waals surface area contributed by atoms with Crippen molar-refractivity contribution in [3.63, 3.8) is 0 Å². The molecule has 0 bridgehead atoms. The number of ketones is 2. The van der Waals surface area contributed by atoms with Gasteiger partial charge < -0.3 is 4.74 Å². The molecule has 156 valence electrons. The van der Waals surface area contributed by atoms with Crippen LogP contribution in [0.15, 0.2) is 40.9 Å². The second kappa shape index (κ2) is 12.2. The molecule has 0 atom stereocenters. The van der Waals surface area contributed by atoms with Crippen LogP contribution in [0.3, 0.4) is 0 Å². The summed E-state index contributed by atoms with van der Waals surface area (Å²) in [5.41, 5.74) is 0.313. The monoisotopic (exact) mass is 468 g/mol. The molecule has 0 N–H and O–H groups in total. The molecule has 7 heteroatoms. The Hall–Kier alpha value is -2.41. The van der Waals surface area contributed by atoms with Crippen LogP contribution in [0.1, 0.15) is 70.6 Å². The first-order valence-electron chi connectivity index (χ1n) is 9.14. The lowest BCUT2D eigenvalue weighted by molar-refractivity contribution is 0.0599. The minimum atomic E-state index is -0.679. The molecule has 0 spiro atoms. The maximum absolute atomic E-state index is 13.5. The summed E-state index contributed by atoms with van der Waals surface area (Å²) in [7, 11) is 1.22. The molecule has 0 aromatic heterocycles. The van der Waals surface area contributed by atoms with Gasteiger partial charge in [-0.3, -0.25) is 9.59 Å². The first-order chi connectivity index (χ1) is 13.7. The summed E-state index contributed by atoms with van der Waals surface area (Å²) in [5, 5.41) is 0. The molecule has 0 aliphatic carbocycles. The highest BCUT2D eigenvalue weighted by Gasteiger charge is 2.14. The van der Waals surface area contributed by atoms with Crippen molar-refractivity contribution in [3.05, 3.63) is 69.2 Å². The van der Waals surface area contributed by atoms with E-state index >= 15 is 0 Å². The Kier molecular flexibility index (Phi) is 10.4. The molecule has 2 aromatic carbocycles. The normalized spacial score (nSPS) is 10.0. The first kappa shape index (κ1) is 24.6. The fourth-order valence-electron chi connectivity index (χ4n) is 2.43. The molecule has 0 heterocycles. The second-order valence-electron chi connectivity index (χ2n) is 6.16. The third kappa shape index (κ3) is 7.49. The zero-order valence-electron chi connectivity index (χ0n) is 16.6. The van der Waals surface area contributed by atoms with Crippen molar-refractivity contribution in [2.45, 2.75) is 39.5 Å². The van der Waals surface area contributed by atoms with Gasteiger partial charge in [0.25, 0.3) is 0 Å². The molecule has 2 aromatic rings. The Labute approximate surface area is 177 Å². The predicted octanol–water partition coefficient (Wildman–Crippen LogP) is 6.17. The summed E-state index contributed by atoms with van der Waals surface area (Å²) in [5.74, 6) is -2.13. The number of rotatable bonds is 7. The highest BCUT2D eigenvalue weighted by Crippen LogP contribution is 2.17. The Morgan fingerprint density at radius 1 is 0.862 bits per heavy atom. The highest BCUT2D eigenvalue weighted by atomic mass is 79.9. The van der Waals surface area contributed by atoms with Crippen LogP contribution in [0, 0.1) is 11.6 Å². The number of halogens is 3. The van der Waals surface area contributed by atoms with Gasteiger partial charge in [-0.25, -0.2) is 13.6 Å². The van der Waals surface area contributed by atoms with Gasteiger partial charge in [-0.15, -0.1) is 0 Å². The molecular weight excluding hydrogens is 446 g/mol. The molecule has 29 heavy (non-hydrogen) atoms. The van der Waals surface area contributed by atoms with Crippen LogP contribution >= 0.6 is 15.9 Å². The van der Waals surface area contributed by atoms with Gasteiger partial charge in [0, 0.05) is 17.3 Å². The number of hydrogen-bond acceptors (Lipinski definition) is 4. The van der Waals surface area contributed by atoms with Gasteiger partial charge in [0.1, 0.15) is 11.6 Å². The van der Waals surface area contributed by atoms with E-state index in [0.717, 1.165) is 12.5 Å². The van der Waals surface area contributed by atoms with Gasteiger partial charge in [-0.2, -0.15) is 0 Å². The van der Waals surface area contributed by atoms with E-state index in [2.05, 4.69) is 20.7 Å². The van der Waals surface area contributed by atoms with Gasteiger partial charge in [0.05, 0.1) is 23.8 Å². The van der Waals surface area contributed by atoms with Crippen LogP contribution in [0.4, 0.5) is 8.78 Å². The van der Waals surface area contributed by atoms with Crippen LogP contribution in [0.25, 0.3) is 0 Å². The third-order valence-electron chi connectivity index (χ3n) is 3.88. The number of carbonyl (C=O) groups excluding carboxylic acids is 3. The van der Waals surface area contributed by atoms with E-state index in [1.807, 2.05) is 13.8 Å². The molecular formula is C22H23BrF2O4. The van der Waals surface area contributed by atoms with Gasteiger partial charge in [0.2, 0.25) is 0 Å². The van der Waals surface area contributed by atoms with E-state index < -0.39 is 17.6 Å². The lowest BCUT2D eigenvalue weighted by Crippen LogP contribution is -2.06. The Bertz CT molecular complexity index is 881. The number of carbonyl (C=O) groups is 3. The molecule has 0 radical (unpaired) electrons. The summed E-state index contributed by atoms with van der Waals surface area (Å²) in [6.45, 7) is 3.74. The minimum Gasteiger partial charge on any atom is -0.465 e. The lowest BCUT2D eigenvalue weighted by Gasteiger charge is -2.03. The van der Waals surface area contributed by atoms with Gasteiger partial charge in [-0.1, -0.05) is 29.8 Å². The van der Waals surface area contributed by atoms with Crippen molar-refractivity contribution < 1.29 is 27.9 Å². The summed E-state index contributed by atoms with van der Waals surface area (Å²) in [4.78, 5) is 33.9. The molecule has 0 fully saturated rings. The van der Waals surface area contributed by atoms with Crippen molar-refractivity contribution in [2.24, 2.45) is 0 Å². The van der Waals surface area contributed by atoms with Crippen LogP contribution < -0.4 is 0 Å². The quantitative estimate of drug-likeness (QED) is 0.360. The summed E-state index contributed by atoms with van der Waals surface area (Å²) in [6, 6.07) is 8.22. The average Bonchev–Trinajstić information content (AvgIpc) is 2.68. The van der Waals surface area contributed by atoms with Crippen molar-refractivity contribution in [1.29, 1.82) is 0 Å². The summed E-state index contributed by atoms with van der Waals surface area (Å²) < 4.78 is 31.8. The SMILES string of the molecule is CCCC(=O)c1ccc(Br)cc1F.CCCC(=O)c1ccc(C(=O)OC)cc1F. The molecule has 0 aliphatic heterocycles. The number of benzene rings is 2. The zero-order chi connectivity index (χ0) is 22.0. The fraction of sp³-hybridized carbons (Fsp3) is 0.318. The Balaban J connectivity index is 0.000000296. The third-order valence-corrected chi connectivity index (χ3v) is 4.37. The average molecular weight is 469 g/mol. The van der Waals surface area contributed by atoms with Crippen LogP contribution in [-0.2, 0) is 4.74 Å². The van der Waals surface area contributed by atoms with Crippen LogP contribution in [-0.4, -0.2) is 24.6 Å². The first-order valence-corrected chi connectivity index (χ1v) is 9.93. The standard InChI is InChI=1S/C12H13FO3.C10H10BrFO/c1-3-4-11(14)9-6-5-8(7-10(9)13)12(15)16-2;1-2-3-10(13)8-5-4-7(11)6-9(8)12/h5-7H,3-4H2,1-2H3;4-6H,2-3H2,1H3. The zero-order valence-corrected chi connectivity index (χ0v) is 18.1. The van der Waals surface area contributed by atoms with Gasteiger partial charge >= 0.3 is 5.97 Å². The molecule has 2 rings (SSSR count). The van der Waals surface area contributed by atoms with E-state index in [1.165, 1.54) is 31.4 Å². The Morgan fingerprint density at radius 2 is 1.34 bits per heavy atom. The van der Waals surface area contributed by atoms with Crippen LogP contribution in [0.5, 0.6) is 0 Å². The molecule has 0 saturated heterocycles. The second-order valence-corrected chi connectivity index (χ2v) is 7.07. The minimum absolute atomic E-state index is 0.0227. The molecule has 0 unspecified atom stereocenters.